The van der Waals surface area contributed by atoms with Crippen molar-refractivity contribution in [2.24, 2.45) is 5.92 Å². The maximum atomic E-state index is 13.6. The molecule has 2 atom stereocenters. The molecule has 1 saturated carbocycles. The summed E-state index contributed by atoms with van der Waals surface area (Å²) in [5.41, 5.74) is 4.88. The van der Waals surface area contributed by atoms with E-state index in [4.69, 9.17) is 4.74 Å². The van der Waals surface area contributed by atoms with E-state index in [0.717, 1.165) is 34.4 Å². The van der Waals surface area contributed by atoms with Crippen LogP contribution < -0.4 is 5.32 Å². The molecule has 2 aromatic rings. The van der Waals surface area contributed by atoms with E-state index in [1.807, 2.05) is 37.4 Å². The molecule has 8 nitrogen and oxygen atoms in total. The van der Waals surface area contributed by atoms with Gasteiger partial charge in [-0.3, -0.25) is 9.78 Å². The molecule has 1 aliphatic heterocycles. The Morgan fingerprint density at radius 3 is 2.66 bits per heavy atom. The lowest BCUT2D eigenvalue weighted by molar-refractivity contribution is -0.141. The average Bonchev–Trinajstić information content (AvgIpc) is 3.52. The maximum absolute atomic E-state index is 13.6. The predicted molar refractivity (Wildman–Crippen MR) is 164 cm³/mol. The van der Waals surface area contributed by atoms with Crippen LogP contribution in [-0.2, 0) is 14.3 Å². The Morgan fingerprint density at radius 2 is 1.98 bits per heavy atom. The first-order valence-electron chi connectivity index (χ1n) is 14.5. The number of nitrogens with one attached hydrogen (secondary N) is 1. The molecule has 0 bridgehead atoms. The fraction of sp³-hybridized carbons (Fsp3) is 0.548. The lowest BCUT2D eigenvalue weighted by Crippen LogP contribution is -2.45. The molecule has 0 spiro atoms. The van der Waals surface area contributed by atoms with E-state index in [1.54, 1.807) is 16.6 Å². The summed E-state index contributed by atoms with van der Waals surface area (Å²) in [5, 5.41) is 12.4. The Bertz CT molecular complexity index is 1210. The maximum Gasteiger partial charge on any atom is 0.410 e. The highest BCUT2D eigenvalue weighted by Gasteiger charge is 2.32. The molecule has 1 aromatic heterocycles. The minimum atomic E-state index is -1.05. The molecule has 0 saturated heterocycles. The zero-order chi connectivity index (χ0) is 29.2. The first-order valence-corrected chi connectivity index (χ1v) is 16.8. The molecular formula is C31H41N3O5S2. The number of hydrogen-bond acceptors (Lipinski definition) is 7. The largest absolute Gasteiger partial charge is 0.480 e. The Balaban J connectivity index is 1.52. The number of hydrogen-bond donors (Lipinski definition) is 2. The second-order valence-corrected chi connectivity index (χ2v) is 12.9. The molecule has 1 aliphatic carbocycles. The van der Waals surface area contributed by atoms with E-state index in [-0.39, 0.29) is 18.6 Å². The summed E-state index contributed by atoms with van der Waals surface area (Å²) in [7, 11) is 0. The van der Waals surface area contributed by atoms with Crippen molar-refractivity contribution in [2.45, 2.75) is 76.9 Å². The Hall–Kier alpha value is -2.85. The molecule has 1 fully saturated rings. The van der Waals surface area contributed by atoms with Crippen molar-refractivity contribution < 1.29 is 24.2 Å². The molecule has 1 aromatic carbocycles. The third-order valence-corrected chi connectivity index (χ3v) is 9.65. The molecule has 2 N–H and O–H groups in total. The number of carbonyl (C=O) groups excluding carboxylic acids is 2. The van der Waals surface area contributed by atoms with Crippen molar-refractivity contribution in [1.29, 1.82) is 0 Å². The lowest BCUT2D eigenvalue weighted by Gasteiger charge is -2.32. The van der Waals surface area contributed by atoms with Crippen LogP contribution in [0.1, 0.15) is 79.9 Å². The van der Waals surface area contributed by atoms with Gasteiger partial charge in [0.2, 0.25) is 5.91 Å². The van der Waals surface area contributed by atoms with Gasteiger partial charge in [-0.05, 0) is 67.2 Å². The van der Waals surface area contributed by atoms with Crippen LogP contribution in [-0.4, -0.2) is 64.1 Å². The van der Waals surface area contributed by atoms with Gasteiger partial charge >= 0.3 is 12.1 Å². The van der Waals surface area contributed by atoms with E-state index in [9.17, 15) is 19.5 Å². The number of benzene rings is 1. The average molecular weight is 600 g/mol. The van der Waals surface area contributed by atoms with Crippen molar-refractivity contribution in [2.75, 3.05) is 25.1 Å². The van der Waals surface area contributed by atoms with Crippen molar-refractivity contribution in [3.05, 3.63) is 57.6 Å². The number of carboxylic acid groups (broad SMARTS) is 1. The first-order chi connectivity index (χ1) is 19.9. The van der Waals surface area contributed by atoms with Crippen LogP contribution in [0, 0.1) is 12.8 Å². The predicted octanol–water partition coefficient (Wildman–Crippen LogP) is 6.47. The zero-order valence-electron chi connectivity index (χ0n) is 24.0. The minimum Gasteiger partial charge on any atom is -0.480 e. The van der Waals surface area contributed by atoms with Crippen LogP contribution in [0.5, 0.6) is 0 Å². The normalized spacial score (nSPS) is 17.7. The number of thiazole rings is 1. The number of aryl methyl sites for hydroxylation is 1. The van der Waals surface area contributed by atoms with Crippen molar-refractivity contribution >= 4 is 46.6 Å². The standard InChI is InChI=1S/C31H41N3O5S2/c1-21-8-6-7-11-23(21)25-19-34(16-14-24(25)29(35)33-26(30(36)37)15-17-40-2)31(38)39-27(28-18-32-20-41-28)13-12-22-9-4-3-5-10-22/h6-8,11,18,20,22,26-27H,3-5,9-10,12-17,19H2,1-2H3,(H,33,35)(H,36,37). The van der Waals surface area contributed by atoms with E-state index in [2.05, 4.69) is 10.3 Å². The van der Waals surface area contributed by atoms with Gasteiger partial charge in [0.25, 0.3) is 0 Å². The van der Waals surface area contributed by atoms with Crippen LogP contribution in [0.4, 0.5) is 4.79 Å². The summed E-state index contributed by atoms with van der Waals surface area (Å²) >= 11 is 3.04. The van der Waals surface area contributed by atoms with Crippen LogP contribution >= 0.6 is 23.1 Å². The highest BCUT2D eigenvalue weighted by molar-refractivity contribution is 7.98. The molecule has 2 unspecified atom stereocenters. The minimum absolute atomic E-state index is 0.215. The fourth-order valence-corrected chi connectivity index (χ4v) is 6.92. The number of ether oxygens (including phenoxy) is 1. The highest BCUT2D eigenvalue weighted by atomic mass is 32.2. The Labute approximate surface area is 251 Å². The van der Waals surface area contributed by atoms with Gasteiger partial charge in [-0.1, -0.05) is 56.4 Å². The van der Waals surface area contributed by atoms with E-state index in [1.165, 1.54) is 55.2 Å². The van der Waals surface area contributed by atoms with E-state index >= 15 is 0 Å². The van der Waals surface area contributed by atoms with Crippen LogP contribution in [0.25, 0.3) is 5.57 Å². The van der Waals surface area contributed by atoms with Crippen LogP contribution in [0.3, 0.4) is 0 Å². The molecule has 2 aliphatic rings. The molecule has 222 valence electrons. The summed E-state index contributed by atoms with van der Waals surface area (Å²) in [5.74, 6) is -0.133. The number of carboxylic acids is 1. The third-order valence-electron chi connectivity index (χ3n) is 8.14. The Kier molecular flexibility index (Phi) is 11.7. The van der Waals surface area contributed by atoms with E-state index < -0.39 is 18.1 Å². The molecular weight excluding hydrogens is 558 g/mol. The molecule has 10 heteroatoms. The number of aliphatic carboxylic acids is 1. The molecule has 2 amide bonds. The van der Waals surface area contributed by atoms with Gasteiger partial charge in [-0.2, -0.15) is 11.8 Å². The number of carbonyl (C=O) groups is 3. The number of nitrogens with zero attached hydrogens (tertiary/aromatic N) is 2. The molecule has 4 rings (SSSR count). The SMILES string of the molecule is CSCCC(NC(=O)C1=C(c2ccccc2C)CN(C(=O)OC(CCC2CCCCC2)c2cncs2)CC1)C(=O)O. The highest BCUT2D eigenvalue weighted by Crippen LogP contribution is 2.35. The summed E-state index contributed by atoms with van der Waals surface area (Å²) in [4.78, 5) is 45.6. The monoisotopic (exact) mass is 599 g/mol. The summed E-state index contributed by atoms with van der Waals surface area (Å²) in [6.45, 7) is 2.50. The second-order valence-electron chi connectivity index (χ2n) is 10.9. The smallest absolute Gasteiger partial charge is 0.410 e. The van der Waals surface area contributed by atoms with Gasteiger partial charge in [0.05, 0.1) is 16.9 Å². The topological polar surface area (TPSA) is 109 Å². The van der Waals surface area contributed by atoms with E-state index in [0.29, 0.717) is 36.6 Å². The summed E-state index contributed by atoms with van der Waals surface area (Å²) in [6, 6.07) is 6.79. The Morgan fingerprint density at radius 1 is 1.20 bits per heavy atom. The number of rotatable bonds is 12. The third kappa shape index (κ3) is 8.58. The number of amides is 2. The van der Waals surface area contributed by atoms with Crippen LogP contribution in [0.2, 0.25) is 0 Å². The summed E-state index contributed by atoms with van der Waals surface area (Å²) in [6.07, 6.45) is 11.7. The van der Waals surface area contributed by atoms with Crippen molar-refractivity contribution in [3.8, 4) is 0 Å². The van der Waals surface area contributed by atoms with Gasteiger partial charge in [0, 0.05) is 18.3 Å². The number of thioether (sulfide) groups is 1. The van der Waals surface area contributed by atoms with Crippen molar-refractivity contribution in [1.82, 2.24) is 15.2 Å². The van der Waals surface area contributed by atoms with Gasteiger partial charge in [0.1, 0.15) is 12.1 Å². The second kappa shape index (κ2) is 15.4. The summed E-state index contributed by atoms with van der Waals surface area (Å²) < 4.78 is 6.13. The number of aromatic nitrogens is 1. The lowest BCUT2D eigenvalue weighted by atomic mass is 9.85. The van der Waals surface area contributed by atoms with Crippen molar-refractivity contribution in [3.63, 3.8) is 0 Å². The quantitative estimate of drug-likeness (QED) is 0.288. The fourth-order valence-electron chi connectivity index (χ4n) is 5.77. The van der Waals surface area contributed by atoms with Gasteiger partial charge in [-0.15, -0.1) is 11.3 Å². The molecule has 0 radical (unpaired) electrons. The van der Waals surface area contributed by atoms with Gasteiger partial charge in [-0.25, -0.2) is 9.59 Å². The van der Waals surface area contributed by atoms with Crippen LogP contribution in [0.15, 0.2) is 41.5 Å². The first kappa shape index (κ1) is 31.1. The molecule has 2 heterocycles. The zero-order valence-corrected chi connectivity index (χ0v) is 25.6. The van der Waals surface area contributed by atoms with Gasteiger partial charge < -0.3 is 20.1 Å². The van der Waals surface area contributed by atoms with Gasteiger partial charge in [0.15, 0.2) is 0 Å². The molecule has 41 heavy (non-hydrogen) atoms.